The summed E-state index contributed by atoms with van der Waals surface area (Å²) < 4.78 is 11.1. The van der Waals surface area contributed by atoms with Crippen molar-refractivity contribution in [1.29, 1.82) is 0 Å². The van der Waals surface area contributed by atoms with E-state index in [1.54, 1.807) is 12.1 Å². The number of aromatic nitrogens is 2. The summed E-state index contributed by atoms with van der Waals surface area (Å²) in [6.07, 6.45) is 0.262. The first kappa shape index (κ1) is 15.7. The van der Waals surface area contributed by atoms with Crippen LogP contribution in [0.25, 0.3) is 11.4 Å². The summed E-state index contributed by atoms with van der Waals surface area (Å²) in [5.74, 6) is 1.34. The molecule has 0 saturated heterocycles. The molecule has 0 bridgehead atoms. The maximum atomic E-state index is 10.9. The largest absolute Gasteiger partial charge is 0.481 e. The number of benzene rings is 2. The molecular formula is C17H15N3O4. The van der Waals surface area contributed by atoms with Crippen LogP contribution in [0.4, 0.5) is 5.69 Å². The standard InChI is InChI=1S/C17H15N3O4/c1-2-15(23-14-9-4-3-5-10-14)17-18-16(19-24-17)12-7-6-8-13(11-12)20(21)22/h3-11,15H,2H2,1H3. The van der Waals surface area contributed by atoms with Crippen LogP contribution in [0.3, 0.4) is 0 Å². The number of non-ortho nitro benzene ring substituents is 1. The summed E-state index contributed by atoms with van der Waals surface area (Å²) in [4.78, 5) is 14.7. The lowest BCUT2D eigenvalue weighted by atomic mass is 10.2. The number of nitrogens with zero attached hydrogens (tertiary/aromatic N) is 3. The normalized spacial score (nSPS) is 11.9. The second-order valence-electron chi connectivity index (χ2n) is 5.09. The van der Waals surface area contributed by atoms with Crippen LogP contribution in [-0.2, 0) is 0 Å². The maximum absolute atomic E-state index is 10.9. The van der Waals surface area contributed by atoms with E-state index in [1.807, 2.05) is 37.3 Å². The molecule has 0 amide bonds. The van der Waals surface area contributed by atoms with Gasteiger partial charge in [0.1, 0.15) is 5.75 Å². The fraction of sp³-hybridized carbons (Fsp3) is 0.176. The van der Waals surface area contributed by atoms with Crippen molar-refractivity contribution in [2.24, 2.45) is 0 Å². The summed E-state index contributed by atoms with van der Waals surface area (Å²) in [5, 5.41) is 14.8. The molecule has 24 heavy (non-hydrogen) atoms. The molecule has 0 radical (unpaired) electrons. The molecule has 0 aliphatic rings. The van der Waals surface area contributed by atoms with E-state index in [-0.39, 0.29) is 11.8 Å². The van der Waals surface area contributed by atoms with Crippen LogP contribution in [-0.4, -0.2) is 15.1 Å². The maximum Gasteiger partial charge on any atom is 0.270 e. The molecule has 3 aromatic rings. The minimum Gasteiger partial charge on any atom is -0.481 e. The monoisotopic (exact) mass is 325 g/mol. The molecule has 0 aliphatic heterocycles. The molecule has 1 aromatic heterocycles. The topological polar surface area (TPSA) is 91.3 Å². The molecule has 7 heteroatoms. The molecule has 0 N–H and O–H groups in total. The lowest BCUT2D eigenvalue weighted by molar-refractivity contribution is -0.384. The molecule has 2 aromatic carbocycles. The second kappa shape index (κ2) is 6.91. The molecule has 7 nitrogen and oxygen atoms in total. The number of hydrogen-bond donors (Lipinski definition) is 0. The molecule has 3 rings (SSSR count). The van der Waals surface area contributed by atoms with E-state index in [9.17, 15) is 10.1 Å². The third-order valence-corrected chi connectivity index (χ3v) is 3.42. The summed E-state index contributed by atoms with van der Waals surface area (Å²) >= 11 is 0. The van der Waals surface area contributed by atoms with Crippen LogP contribution in [0, 0.1) is 10.1 Å². The van der Waals surface area contributed by atoms with Gasteiger partial charge in [-0.15, -0.1) is 0 Å². The van der Waals surface area contributed by atoms with Crippen LogP contribution < -0.4 is 4.74 Å². The number of hydrogen-bond acceptors (Lipinski definition) is 6. The zero-order valence-electron chi connectivity index (χ0n) is 13.0. The highest BCUT2D eigenvalue weighted by molar-refractivity contribution is 5.58. The Hall–Kier alpha value is -3.22. The van der Waals surface area contributed by atoms with Gasteiger partial charge >= 0.3 is 0 Å². The average Bonchev–Trinajstić information content (AvgIpc) is 3.10. The Morgan fingerprint density at radius 1 is 1.21 bits per heavy atom. The van der Waals surface area contributed by atoms with Crippen LogP contribution in [0.5, 0.6) is 5.75 Å². The van der Waals surface area contributed by atoms with E-state index < -0.39 is 4.92 Å². The molecular weight excluding hydrogens is 310 g/mol. The van der Waals surface area contributed by atoms with Crippen LogP contribution in [0.15, 0.2) is 59.1 Å². The first-order chi connectivity index (χ1) is 11.7. The molecule has 0 spiro atoms. The third-order valence-electron chi connectivity index (χ3n) is 3.42. The highest BCUT2D eigenvalue weighted by atomic mass is 16.6. The highest BCUT2D eigenvalue weighted by Gasteiger charge is 2.20. The minimum atomic E-state index is -0.460. The van der Waals surface area contributed by atoms with E-state index in [1.165, 1.54) is 12.1 Å². The number of para-hydroxylation sites is 1. The second-order valence-corrected chi connectivity index (χ2v) is 5.09. The fourth-order valence-corrected chi connectivity index (χ4v) is 2.21. The first-order valence-electron chi connectivity index (χ1n) is 7.47. The Morgan fingerprint density at radius 2 is 2.00 bits per heavy atom. The van der Waals surface area contributed by atoms with E-state index in [0.29, 0.717) is 29.4 Å². The van der Waals surface area contributed by atoms with Crippen molar-refractivity contribution in [3.8, 4) is 17.1 Å². The van der Waals surface area contributed by atoms with E-state index in [4.69, 9.17) is 9.26 Å². The average molecular weight is 325 g/mol. The van der Waals surface area contributed by atoms with Gasteiger partial charge in [-0.2, -0.15) is 4.98 Å². The van der Waals surface area contributed by atoms with E-state index >= 15 is 0 Å². The van der Waals surface area contributed by atoms with Gasteiger partial charge in [0.2, 0.25) is 5.82 Å². The van der Waals surface area contributed by atoms with Crippen LogP contribution >= 0.6 is 0 Å². The predicted molar refractivity (Wildman–Crippen MR) is 86.5 cm³/mol. The lowest BCUT2D eigenvalue weighted by Gasteiger charge is -2.13. The van der Waals surface area contributed by atoms with Crippen molar-refractivity contribution in [3.63, 3.8) is 0 Å². The van der Waals surface area contributed by atoms with Gasteiger partial charge in [-0.1, -0.05) is 42.4 Å². The van der Waals surface area contributed by atoms with Crippen molar-refractivity contribution >= 4 is 5.69 Å². The summed E-state index contributed by atoms with van der Waals surface area (Å²) in [6.45, 7) is 1.95. The number of nitro groups is 1. The van der Waals surface area contributed by atoms with Crippen molar-refractivity contribution in [1.82, 2.24) is 10.1 Å². The quantitative estimate of drug-likeness (QED) is 0.499. The number of nitro benzene ring substituents is 1. The molecule has 0 aliphatic carbocycles. The van der Waals surface area contributed by atoms with Crippen LogP contribution in [0.2, 0.25) is 0 Å². The molecule has 1 atom stereocenters. The SMILES string of the molecule is CCC(Oc1ccccc1)c1nc(-c2cccc([N+](=O)[O-])c2)no1. The van der Waals surface area contributed by atoms with Crippen molar-refractivity contribution in [3.05, 3.63) is 70.6 Å². The van der Waals surface area contributed by atoms with Gasteiger partial charge in [0.25, 0.3) is 11.6 Å². The van der Waals surface area contributed by atoms with Gasteiger partial charge in [-0.05, 0) is 18.6 Å². The van der Waals surface area contributed by atoms with Gasteiger partial charge in [-0.3, -0.25) is 10.1 Å². The van der Waals surface area contributed by atoms with E-state index in [0.717, 1.165) is 0 Å². The Labute approximate surface area is 138 Å². The number of rotatable bonds is 6. The van der Waals surface area contributed by atoms with Crippen molar-refractivity contribution in [2.45, 2.75) is 19.4 Å². The molecule has 1 heterocycles. The van der Waals surface area contributed by atoms with Gasteiger partial charge in [0, 0.05) is 17.7 Å². The molecule has 1 unspecified atom stereocenters. The zero-order chi connectivity index (χ0) is 16.9. The highest BCUT2D eigenvalue weighted by Crippen LogP contribution is 2.26. The fourth-order valence-electron chi connectivity index (χ4n) is 2.21. The summed E-state index contributed by atoms with van der Waals surface area (Å²) in [7, 11) is 0. The van der Waals surface area contributed by atoms with E-state index in [2.05, 4.69) is 10.1 Å². The summed E-state index contributed by atoms with van der Waals surface area (Å²) in [6, 6.07) is 15.5. The minimum absolute atomic E-state index is 0.0218. The number of ether oxygens (including phenoxy) is 1. The van der Waals surface area contributed by atoms with Gasteiger partial charge in [0.05, 0.1) is 4.92 Å². The predicted octanol–water partition coefficient (Wildman–Crippen LogP) is 4.17. The first-order valence-corrected chi connectivity index (χ1v) is 7.47. The van der Waals surface area contributed by atoms with Gasteiger partial charge in [-0.25, -0.2) is 0 Å². The van der Waals surface area contributed by atoms with Gasteiger partial charge in [0.15, 0.2) is 6.10 Å². The molecule has 0 fully saturated rings. The Balaban J connectivity index is 1.83. The third kappa shape index (κ3) is 3.40. The Kier molecular flexibility index (Phi) is 4.51. The van der Waals surface area contributed by atoms with Crippen molar-refractivity contribution in [2.75, 3.05) is 0 Å². The van der Waals surface area contributed by atoms with Gasteiger partial charge < -0.3 is 9.26 Å². The summed E-state index contributed by atoms with van der Waals surface area (Å²) in [5.41, 5.74) is 0.500. The Bertz CT molecular complexity index is 833. The molecule has 0 saturated carbocycles. The van der Waals surface area contributed by atoms with Crippen LogP contribution in [0.1, 0.15) is 25.3 Å². The Morgan fingerprint density at radius 3 is 2.71 bits per heavy atom. The molecule has 122 valence electrons. The lowest BCUT2D eigenvalue weighted by Crippen LogP contribution is -2.06. The zero-order valence-corrected chi connectivity index (χ0v) is 13.0. The van der Waals surface area contributed by atoms with Crippen molar-refractivity contribution < 1.29 is 14.2 Å². The smallest absolute Gasteiger partial charge is 0.270 e.